The Hall–Kier alpha value is -1.18. The number of carboxylic acid groups (broad SMARTS) is 1. The van der Waals surface area contributed by atoms with Crippen LogP contribution in [0.5, 0.6) is 0 Å². The topological polar surface area (TPSA) is 102 Å². The first-order chi connectivity index (χ1) is 9.42. The average molecular weight is 288 g/mol. The van der Waals surface area contributed by atoms with Gasteiger partial charge in [-0.3, -0.25) is 14.5 Å². The number of hydrogen-bond acceptors (Lipinski definition) is 6. The molecule has 0 spiro atoms. The molecule has 7 nitrogen and oxygen atoms in total. The van der Waals surface area contributed by atoms with E-state index in [4.69, 9.17) is 20.3 Å². The summed E-state index contributed by atoms with van der Waals surface area (Å²) < 4.78 is 10.3. The zero-order valence-electron chi connectivity index (χ0n) is 12.0. The van der Waals surface area contributed by atoms with Crippen molar-refractivity contribution in [3.63, 3.8) is 0 Å². The zero-order chi connectivity index (χ0) is 15.0. The van der Waals surface area contributed by atoms with Crippen LogP contribution in [0.2, 0.25) is 0 Å². The lowest BCUT2D eigenvalue weighted by molar-refractivity contribution is -0.154. The number of unbranched alkanes of at least 4 members (excludes halogenated alkanes) is 1. The second-order valence-electron chi connectivity index (χ2n) is 5.29. The van der Waals surface area contributed by atoms with E-state index in [1.807, 2.05) is 0 Å². The van der Waals surface area contributed by atoms with Gasteiger partial charge in [-0.25, -0.2) is 0 Å². The molecular formula is C13H24N2O5. The first kappa shape index (κ1) is 16.9. The normalized spacial score (nSPS) is 19.3. The Morgan fingerprint density at radius 1 is 1.35 bits per heavy atom. The predicted molar refractivity (Wildman–Crippen MR) is 72.3 cm³/mol. The molecule has 1 aliphatic heterocycles. The van der Waals surface area contributed by atoms with Crippen LogP contribution in [0, 0.1) is 0 Å². The Bertz CT molecular complexity index is 327. The largest absolute Gasteiger partial charge is 0.481 e. The predicted octanol–water partition coefficient (Wildman–Crippen LogP) is -0.166. The van der Waals surface area contributed by atoms with Crippen LogP contribution >= 0.6 is 0 Å². The van der Waals surface area contributed by atoms with Crippen LogP contribution < -0.4 is 5.73 Å². The van der Waals surface area contributed by atoms with Crippen molar-refractivity contribution < 1.29 is 24.2 Å². The van der Waals surface area contributed by atoms with E-state index in [-0.39, 0.29) is 6.61 Å². The molecule has 0 bridgehead atoms. The molecule has 1 fully saturated rings. The monoisotopic (exact) mass is 288 g/mol. The molecule has 1 saturated heterocycles. The maximum absolute atomic E-state index is 11.6. The van der Waals surface area contributed by atoms with E-state index in [1.54, 1.807) is 0 Å². The van der Waals surface area contributed by atoms with Crippen molar-refractivity contribution in [1.82, 2.24) is 4.90 Å². The summed E-state index contributed by atoms with van der Waals surface area (Å²) in [5, 5.41) is 8.65. The van der Waals surface area contributed by atoms with E-state index in [1.165, 1.54) is 6.92 Å². The number of carbonyl (C=O) groups excluding carboxylic acids is 1. The highest BCUT2D eigenvalue weighted by Crippen LogP contribution is 2.09. The summed E-state index contributed by atoms with van der Waals surface area (Å²) in [7, 11) is 0. The van der Waals surface area contributed by atoms with Crippen molar-refractivity contribution in [3.05, 3.63) is 0 Å². The maximum atomic E-state index is 11.6. The molecule has 0 aromatic rings. The van der Waals surface area contributed by atoms with Gasteiger partial charge in [0, 0.05) is 13.1 Å². The van der Waals surface area contributed by atoms with Gasteiger partial charge < -0.3 is 20.3 Å². The van der Waals surface area contributed by atoms with Crippen LogP contribution in [0.1, 0.15) is 26.2 Å². The SMILES string of the molecule is CC(N)(CC(=O)O)C(=O)OCCCCN1CCOCC1. The van der Waals surface area contributed by atoms with Gasteiger partial charge in [0.25, 0.3) is 0 Å². The number of carboxylic acids is 1. The molecule has 116 valence electrons. The summed E-state index contributed by atoms with van der Waals surface area (Å²) in [4.78, 5) is 24.5. The van der Waals surface area contributed by atoms with Gasteiger partial charge in [0.1, 0.15) is 5.54 Å². The van der Waals surface area contributed by atoms with Crippen LogP contribution in [-0.2, 0) is 19.1 Å². The van der Waals surface area contributed by atoms with E-state index in [0.29, 0.717) is 0 Å². The molecule has 0 amide bonds. The van der Waals surface area contributed by atoms with Crippen molar-refractivity contribution in [1.29, 1.82) is 0 Å². The lowest BCUT2D eigenvalue weighted by atomic mass is 10.00. The van der Waals surface area contributed by atoms with Crippen LogP contribution in [0.4, 0.5) is 0 Å². The molecule has 20 heavy (non-hydrogen) atoms. The molecule has 1 aliphatic rings. The zero-order valence-corrected chi connectivity index (χ0v) is 12.0. The lowest BCUT2D eigenvalue weighted by Crippen LogP contribution is -2.47. The minimum absolute atomic E-state index is 0.273. The average Bonchev–Trinajstić information content (AvgIpc) is 2.37. The highest BCUT2D eigenvalue weighted by atomic mass is 16.5. The fourth-order valence-electron chi connectivity index (χ4n) is 1.98. The number of hydrogen-bond donors (Lipinski definition) is 2. The van der Waals surface area contributed by atoms with Crippen LogP contribution in [0.3, 0.4) is 0 Å². The van der Waals surface area contributed by atoms with Crippen molar-refractivity contribution >= 4 is 11.9 Å². The molecular weight excluding hydrogens is 264 g/mol. The first-order valence-corrected chi connectivity index (χ1v) is 6.90. The standard InChI is InChI=1S/C13H24N2O5/c1-13(14,10-11(16)17)12(18)20-7-3-2-4-15-5-8-19-9-6-15/h2-10,14H2,1H3,(H,16,17). The lowest BCUT2D eigenvalue weighted by Gasteiger charge is -2.26. The Labute approximate surface area is 119 Å². The summed E-state index contributed by atoms with van der Waals surface area (Å²) in [6.45, 7) is 6.03. The number of carbonyl (C=O) groups is 2. The second-order valence-corrected chi connectivity index (χ2v) is 5.29. The van der Waals surface area contributed by atoms with Gasteiger partial charge in [-0.2, -0.15) is 0 Å². The number of nitrogens with zero attached hydrogens (tertiary/aromatic N) is 1. The highest BCUT2D eigenvalue weighted by Gasteiger charge is 2.32. The second kappa shape index (κ2) is 8.18. The van der Waals surface area contributed by atoms with Crippen molar-refractivity contribution in [2.45, 2.75) is 31.7 Å². The van der Waals surface area contributed by atoms with E-state index >= 15 is 0 Å². The van der Waals surface area contributed by atoms with Gasteiger partial charge in [0.15, 0.2) is 0 Å². The molecule has 7 heteroatoms. The molecule has 0 aromatic carbocycles. The number of aliphatic carboxylic acids is 1. The fraction of sp³-hybridized carbons (Fsp3) is 0.846. The van der Waals surface area contributed by atoms with Gasteiger partial charge >= 0.3 is 11.9 Å². The van der Waals surface area contributed by atoms with Crippen molar-refractivity contribution in [2.24, 2.45) is 5.73 Å². The summed E-state index contributed by atoms with van der Waals surface area (Å²) in [6.07, 6.45) is 1.24. The van der Waals surface area contributed by atoms with Crippen LogP contribution in [0.15, 0.2) is 0 Å². The third kappa shape index (κ3) is 6.31. The van der Waals surface area contributed by atoms with E-state index < -0.39 is 23.9 Å². The minimum Gasteiger partial charge on any atom is -0.481 e. The molecule has 1 heterocycles. The smallest absolute Gasteiger partial charge is 0.326 e. The minimum atomic E-state index is -1.46. The van der Waals surface area contributed by atoms with E-state index in [9.17, 15) is 9.59 Å². The number of nitrogens with two attached hydrogens (primary N) is 1. The number of esters is 1. The number of ether oxygens (including phenoxy) is 2. The summed E-state index contributed by atoms with van der Waals surface area (Å²) >= 11 is 0. The Balaban J connectivity index is 2.10. The molecule has 1 rings (SSSR count). The van der Waals surface area contributed by atoms with Gasteiger partial charge in [0.05, 0.1) is 26.2 Å². The maximum Gasteiger partial charge on any atom is 0.326 e. The molecule has 0 aliphatic carbocycles. The van der Waals surface area contributed by atoms with Crippen LogP contribution in [-0.4, -0.2) is 66.9 Å². The van der Waals surface area contributed by atoms with E-state index in [2.05, 4.69) is 4.90 Å². The third-order valence-corrected chi connectivity index (χ3v) is 3.19. The van der Waals surface area contributed by atoms with Gasteiger partial charge in [-0.1, -0.05) is 0 Å². The van der Waals surface area contributed by atoms with Gasteiger partial charge in [-0.05, 0) is 26.3 Å². The third-order valence-electron chi connectivity index (χ3n) is 3.19. The molecule has 0 aromatic heterocycles. The fourth-order valence-corrected chi connectivity index (χ4v) is 1.98. The highest BCUT2D eigenvalue weighted by molar-refractivity contribution is 5.85. The van der Waals surface area contributed by atoms with Gasteiger partial charge in [0.2, 0.25) is 0 Å². The Kier molecular flexibility index (Phi) is 6.90. The van der Waals surface area contributed by atoms with Crippen LogP contribution in [0.25, 0.3) is 0 Å². The summed E-state index contributed by atoms with van der Waals surface area (Å²) in [5.74, 6) is -1.77. The summed E-state index contributed by atoms with van der Waals surface area (Å²) in [5.41, 5.74) is 4.15. The van der Waals surface area contributed by atoms with Crippen molar-refractivity contribution in [2.75, 3.05) is 39.5 Å². The molecule has 3 N–H and O–H groups in total. The quantitative estimate of drug-likeness (QED) is 0.472. The molecule has 1 atom stereocenters. The molecule has 0 radical (unpaired) electrons. The Morgan fingerprint density at radius 3 is 2.60 bits per heavy atom. The van der Waals surface area contributed by atoms with Crippen molar-refractivity contribution in [3.8, 4) is 0 Å². The first-order valence-electron chi connectivity index (χ1n) is 6.90. The molecule has 1 unspecified atom stereocenters. The van der Waals surface area contributed by atoms with E-state index in [0.717, 1.165) is 45.7 Å². The Morgan fingerprint density at radius 2 is 2.00 bits per heavy atom. The number of rotatable bonds is 8. The summed E-state index contributed by atoms with van der Waals surface area (Å²) in [6, 6.07) is 0. The molecule has 0 saturated carbocycles. The van der Waals surface area contributed by atoms with Gasteiger partial charge in [-0.15, -0.1) is 0 Å². The number of morpholine rings is 1.